The molecule has 0 aromatic carbocycles. The number of aliphatic imine (C=N–C) groups is 1. The predicted molar refractivity (Wildman–Crippen MR) is 82.7 cm³/mol. The highest BCUT2D eigenvalue weighted by atomic mass is 35.5. The third kappa shape index (κ3) is 5.08. The molecule has 1 aliphatic heterocycles. The van der Waals surface area contributed by atoms with Crippen molar-refractivity contribution in [3.8, 4) is 0 Å². The Morgan fingerprint density at radius 1 is 1.67 bits per heavy atom. The topological polar surface area (TPSA) is 64.0 Å². The molecule has 0 N–H and O–H groups in total. The zero-order chi connectivity index (χ0) is 15.8. The van der Waals surface area contributed by atoms with Crippen LogP contribution in [0.5, 0.6) is 0 Å². The fraction of sp³-hybridized carbons (Fsp3) is 0.500. The van der Waals surface area contributed by atoms with Crippen molar-refractivity contribution in [1.29, 1.82) is 0 Å². The normalized spacial score (nSPS) is 18.4. The van der Waals surface area contributed by atoms with Crippen molar-refractivity contribution in [2.75, 3.05) is 33.9 Å². The van der Waals surface area contributed by atoms with Crippen LogP contribution >= 0.6 is 11.6 Å². The average molecular weight is 314 g/mol. The number of carbonyl (C=O) groups excluding carboxylic acids is 1. The molecule has 1 aliphatic rings. The van der Waals surface area contributed by atoms with Gasteiger partial charge in [0.05, 0.1) is 25.9 Å². The van der Waals surface area contributed by atoms with Crippen molar-refractivity contribution >= 4 is 30.0 Å². The van der Waals surface area contributed by atoms with E-state index >= 15 is 0 Å². The van der Waals surface area contributed by atoms with Crippen LogP contribution in [0.15, 0.2) is 17.3 Å². The van der Waals surface area contributed by atoms with Gasteiger partial charge in [0.1, 0.15) is 5.69 Å². The van der Waals surface area contributed by atoms with E-state index in [9.17, 15) is 4.79 Å². The summed E-state index contributed by atoms with van der Waals surface area (Å²) < 4.78 is 9.73. The first-order valence-corrected chi connectivity index (χ1v) is 6.86. The standard InChI is InChI=1S/C8H7ClN2O2.C6H13NO/c1-10-6-5(8(12)13-2)3-4-11-7(6)9;1-6-5-8-4-3-7(6)2/h3-4H,1H2,2H3;6H,3-5H2,1-2H3/t;6-/m.1/s1. The monoisotopic (exact) mass is 313 g/mol. The molecule has 0 amide bonds. The third-order valence-electron chi connectivity index (χ3n) is 3.14. The van der Waals surface area contributed by atoms with Crippen LogP contribution in [0.3, 0.4) is 0 Å². The van der Waals surface area contributed by atoms with Crippen molar-refractivity contribution in [3.05, 3.63) is 23.0 Å². The zero-order valence-corrected chi connectivity index (χ0v) is 13.3. The Hall–Kier alpha value is -1.50. The minimum Gasteiger partial charge on any atom is -0.465 e. The maximum atomic E-state index is 11.1. The number of esters is 1. The van der Waals surface area contributed by atoms with E-state index < -0.39 is 5.97 Å². The number of likely N-dealkylation sites (N-methyl/N-ethyl adjacent to an activating group) is 1. The van der Waals surface area contributed by atoms with Gasteiger partial charge in [-0.05, 0) is 26.8 Å². The van der Waals surface area contributed by atoms with Crippen LogP contribution in [0, 0.1) is 0 Å². The molecule has 2 rings (SSSR count). The minimum atomic E-state index is -0.508. The predicted octanol–water partition coefficient (Wildman–Crippen LogP) is 2.19. The van der Waals surface area contributed by atoms with E-state index in [4.69, 9.17) is 16.3 Å². The summed E-state index contributed by atoms with van der Waals surface area (Å²) in [4.78, 5) is 20.8. The molecule has 7 heteroatoms. The van der Waals surface area contributed by atoms with Gasteiger partial charge in [-0.15, -0.1) is 0 Å². The van der Waals surface area contributed by atoms with Crippen LogP contribution in [-0.2, 0) is 9.47 Å². The van der Waals surface area contributed by atoms with Crippen molar-refractivity contribution in [3.63, 3.8) is 0 Å². The van der Waals surface area contributed by atoms with Gasteiger partial charge in [-0.25, -0.2) is 9.78 Å². The Bertz CT molecular complexity index is 486. The Morgan fingerprint density at radius 2 is 2.38 bits per heavy atom. The lowest BCUT2D eigenvalue weighted by atomic mass is 10.2. The summed E-state index contributed by atoms with van der Waals surface area (Å²) in [5, 5.41) is 0.137. The number of pyridine rings is 1. The van der Waals surface area contributed by atoms with Crippen molar-refractivity contribution in [1.82, 2.24) is 9.88 Å². The number of hydrogen-bond acceptors (Lipinski definition) is 6. The number of morpholine rings is 1. The van der Waals surface area contributed by atoms with Crippen molar-refractivity contribution < 1.29 is 14.3 Å². The first-order chi connectivity index (χ1) is 10.0. The van der Waals surface area contributed by atoms with Gasteiger partial charge in [0, 0.05) is 18.8 Å². The molecule has 0 spiro atoms. The lowest BCUT2D eigenvalue weighted by Gasteiger charge is -2.29. The third-order valence-corrected chi connectivity index (χ3v) is 3.42. The summed E-state index contributed by atoms with van der Waals surface area (Å²) in [6, 6.07) is 2.09. The molecule has 2 heterocycles. The smallest absolute Gasteiger partial charge is 0.340 e. The number of methoxy groups -OCH3 is 1. The minimum absolute atomic E-state index is 0.137. The van der Waals surface area contributed by atoms with Gasteiger partial charge in [-0.2, -0.15) is 0 Å². The Labute approximate surface area is 129 Å². The van der Waals surface area contributed by atoms with Crippen LogP contribution in [-0.4, -0.2) is 62.5 Å². The summed E-state index contributed by atoms with van der Waals surface area (Å²) in [6.07, 6.45) is 1.41. The average Bonchev–Trinajstić information content (AvgIpc) is 2.50. The molecule has 1 saturated heterocycles. The maximum Gasteiger partial charge on any atom is 0.340 e. The van der Waals surface area contributed by atoms with Gasteiger partial charge >= 0.3 is 5.97 Å². The van der Waals surface area contributed by atoms with E-state index in [0.717, 1.165) is 19.8 Å². The summed E-state index contributed by atoms with van der Waals surface area (Å²) in [5.41, 5.74) is 0.508. The highest BCUT2D eigenvalue weighted by Gasteiger charge is 2.14. The molecule has 1 fully saturated rings. The van der Waals surface area contributed by atoms with Gasteiger partial charge in [0.2, 0.25) is 0 Å². The number of rotatable bonds is 2. The van der Waals surface area contributed by atoms with E-state index in [-0.39, 0.29) is 16.4 Å². The summed E-state index contributed by atoms with van der Waals surface area (Å²) >= 11 is 5.68. The van der Waals surface area contributed by atoms with Crippen LogP contribution in [0.25, 0.3) is 0 Å². The first-order valence-electron chi connectivity index (χ1n) is 6.48. The second-order valence-corrected chi connectivity index (χ2v) is 4.91. The summed E-state index contributed by atoms with van der Waals surface area (Å²) in [6.45, 7) is 8.35. The molecular weight excluding hydrogens is 294 g/mol. The maximum absolute atomic E-state index is 11.1. The van der Waals surface area contributed by atoms with E-state index in [1.165, 1.54) is 19.4 Å². The SMILES string of the molecule is C=Nc1c(C(=O)OC)ccnc1Cl.C[C@@H]1COCCN1C. The molecule has 0 bridgehead atoms. The second-order valence-electron chi connectivity index (χ2n) is 4.55. The van der Waals surface area contributed by atoms with Crippen molar-refractivity contribution in [2.24, 2.45) is 4.99 Å². The van der Waals surface area contributed by atoms with Gasteiger partial charge in [0.15, 0.2) is 5.15 Å². The van der Waals surface area contributed by atoms with E-state index in [1.807, 2.05) is 0 Å². The molecule has 21 heavy (non-hydrogen) atoms. The summed E-state index contributed by atoms with van der Waals surface area (Å²) in [7, 11) is 3.41. The molecule has 0 aliphatic carbocycles. The lowest BCUT2D eigenvalue weighted by Crippen LogP contribution is -2.40. The van der Waals surface area contributed by atoms with Gasteiger partial charge in [-0.3, -0.25) is 9.89 Å². The Balaban J connectivity index is 0.000000235. The van der Waals surface area contributed by atoms with Gasteiger partial charge in [-0.1, -0.05) is 11.6 Å². The van der Waals surface area contributed by atoms with E-state index in [1.54, 1.807) is 0 Å². The number of nitrogens with zero attached hydrogens (tertiary/aromatic N) is 3. The van der Waals surface area contributed by atoms with Gasteiger partial charge < -0.3 is 9.47 Å². The van der Waals surface area contributed by atoms with Crippen LogP contribution in [0.4, 0.5) is 5.69 Å². The fourth-order valence-electron chi connectivity index (χ4n) is 1.66. The zero-order valence-electron chi connectivity index (χ0n) is 12.5. The molecular formula is C14H20ClN3O3. The fourth-order valence-corrected chi connectivity index (χ4v) is 1.88. The highest BCUT2D eigenvalue weighted by molar-refractivity contribution is 6.32. The van der Waals surface area contributed by atoms with E-state index in [2.05, 4.69) is 40.3 Å². The van der Waals surface area contributed by atoms with Crippen LogP contribution in [0.2, 0.25) is 5.15 Å². The largest absolute Gasteiger partial charge is 0.465 e. The highest BCUT2D eigenvalue weighted by Crippen LogP contribution is 2.26. The first kappa shape index (κ1) is 17.6. The second kappa shape index (κ2) is 8.71. The molecule has 6 nitrogen and oxygen atoms in total. The van der Waals surface area contributed by atoms with Crippen LogP contribution < -0.4 is 0 Å². The van der Waals surface area contributed by atoms with Crippen LogP contribution in [0.1, 0.15) is 17.3 Å². The molecule has 1 aromatic heterocycles. The molecule has 1 atom stereocenters. The summed E-state index contributed by atoms with van der Waals surface area (Å²) in [5.74, 6) is -0.508. The number of hydrogen-bond donors (Lipinski definition) is 0. The number of halogens is 1. The van der Waals surface area contributed by atoms with Crippen molar-refractivity contribution in [2.45, 2.75) is 13.0 Å². The number of aromatic nitrogens is 1. The number of ether oxygens (including phenoxy) is 2. The van der Waals surface area contributed by atoms with E-state index in [0.29, 0.717) is 6.04 Å². The molecule has 116 valence electrons. The molecule has 1 aromatic rings. The number of carbonyl (C=O) groups is 1. The quantitative estimate of drug-likeness (QED) is 0.476. The Kier molecular flexibility index (Phi) is 7.28. The molecule has 0 radical (unpaired) electrons. The molecule has 0 saturated carbocycles. The molecule has 0 unspecified atom stereocenters. The lowest BCUT2D eigenvalue weighted by molar-refractivity contribution is 0.0131. The Morgan fingerprint density at radius 3 is 2.86 bits per heavy atom. The van der Waals surface area contributed by atoms with Gasteiger partial charge in [0.25, 0.3) is 0 Å².